The molecule has 0 amide bonds. The first-order chi connectivity index (χ1) is 7.88. The first-order valence-corrected chi connectivity index (χ1v) is 6.06. The predicted octanol–water partition coefficient (Wildman–Crippen LogP) is 3.63. The largest absolute Gasteiger partial charge is 0.315 e. The Hall–Kier alpha value is -0.960. The smallest absolute Gasteiger partial charge is 0.162 e. The van der Waals surface area contributed by atoms with E-state index in [2.05, 4.69) is 12.2 Å². The van der Waals surface area contributed by atoms with Gasteiger partial charge in [-0.15, -0.1) is 0 Å². The summed E-state index contributed by atoms with van der Waals surface area (Å²) in [6.07, 6.45) is 0.765. The topological polar surface area (TPSA) is 12.0 Å². The van der Waals surface area contributed by atoms with Crippen molar-refractivity contribution >= 4 is 0 Å². The molecule has 1 nitrogen and oxygen atoms in total. The van der Waals surface area contributed by atoms with Crippen LogP contribution in [0.3, 0.4) is 0 Å². The van der Waals surface area contributed by atoms with Crippen LogP contribution in [0.5, 0.6) is 0 Å². The maximum atomic E-state index is 13.7. The Kier molecular flexibility index (Phi) is 4.63. The first-order valence-electron chi connectivity index (χ1n) is 6.06. The molecule has 1 atom stereocenters. The lowest BCUT2D eigenvalue weighted by molar-refractivity contribution is 0.373. The van der Waals surface area contributed by atoms with Crippen molar-refractivity contribution in [2.24, 2.45) is 0 Å². The van der Waals surface area contributed by atoms with Crippen LogP contribution in [0.2, 0.25) is 0 Å². The molecule has 0 aliphatic heterocycles. The Balaban J connectivity index is 2.92. The van der Waals surface area contributed by atoms with E-state index >= 15 is 0 Å². The highest BCUT2D eigenvalue weighted by molar-refractivity contribution is 5.26. The molecule has 1 unspecified atom stereocenters. The van der Waals surface area contributed by atoms with E-state index < -0.39 is 11.6 Å². The zero-order chi connectivity index (χ0) is 13.1. The van der Waals surface area contributed by atoms with Crippen molar-refractivity contribution in [1.29, 1.82) is 0 Å². The second kappa shape index (κ2) is 5.58. The summed E-state index contributed by atoms with van der Waals surface area (Å²) in [6, 6.07) is 4.66. The number of hydrogen-bond acceptors (Lipinski definition) is 1. The van der Waals surface area contributed by atoms with Gasteiger partial charge in [-0.1, -0.05) is 32.9 Å². The van der Waals surface area contributed by atoms with Crippen LogP contribution in [-0.2, 0) is 5.41 Å². The summed E-state index contributed by atoms with van der Waals surface area (Å²) in [4.78, 5) is 0. The van der Waals surface area contributed by atoms with Crippen molar-refractivity contribution in [3.8, 4) is 0 Å². The van der Waals surface area contributed by atoms with E-state index in [-0.39, 0.29) is 11.5 Å². The van der Waals surface area contributed by atoms with Crippen molar-refractivity contribution in [1.82, 2.24) is 5.32 Å². The van der Waals surface area contributed by atoms with Gasteiger partial charge < -0.3 is 5.32 Å². The van der Waals surface area contributed by atoms with E-state index in [1.165, 1.54) is 0 Å². The first kappa shape index (κ1) is 14.1. The summed E-state index contributed by atoms with van der Waals surface area (Å²) in [5, 5.41) is 3.29. The minimum atomic E-state index is -0.772. The fraction of sp³-hybridized carbons (Fsp3) is 0.571. The third-order valence-electron chi connectivity index (χ3n) is 3.05. The van der Waals surface area contributed by atoms with Crippen LogP contribution >= 0.6 is 0 Å². The summed E-state index contributed by atoms with van der Waals surface area (Å²) in [5.74, 6) is -1.49. The van der Waals surface area contributed by atoms with E-state index in [9.17, 15) is 8.78 Å². The van der Waals surface area contributed by atoms with Crippen LogP contribution in [0.15, 0.2) is 18.2 Å². The fourth-order valence-corrected chi connectivity index (χ4v) is 2.32. The molecule has 1 rings (SSSR count). The van der Waals surface area contributed by atoms with Gasteiger partial charge in [0, 0.05) is 6.04 Å². The van der Waals surface area contributed by atoms with Gasteiger partial charge in [0.1, 0.15) is 0 Å². The highest BCUT2D eigenvalue weighted by atomic mass is 19.2. The number of halogens is 2. The van der Waals surface area contributed by atoms with Crippen LogP contribution < -0.4 is 5.32 Å². The molecule has 1 aromatic carbocycles. The highest BCUT2D eigenvalue weighted by Gasteiger charge is 2.27. The molecule has 0 spiro atoms. The van der Waals surface area contributed by atoms with Crippen LogP contribution in [-0.4, -0.2) is 12.6 Å². The molecule has 0 radical (unpaired) electrons. The summed E-state index contributed by atoms with van der Waals surface area (Å²) in [6.45, 7) is 8.86. The zero-order valence-corrected chi connectivity index (χ0v) is 11.0. The molecule has 0 fully saturated rings. The summed E-state index contributed by atoms with van der Waals surface area (Å²) >= 11 is 0. The van der Waals surface area contributed by atoms with Gasteiger partial charge in [0.05, 0.1) is 0 Å². The zero-order valence-electron chi connectivity index (χ0n) is 11.0. The third kappa shape index (κ3) is 3.50. The van der Waals surface area contributed by atoms with Gasteiger partial charge in [-0.3, -0.25) is 0 Å². The lowest BCUT2D eigenvalue weighted by Crippen LogP contribution is -2.33. The number of benzene rings is 1. The molecule has 1 N–H and O–H groups in total. The van der Waals surface area contributed by atoms with Crippen LogP contribution in [0.4, 0.5) is 8.78 Å². The molecule has 0 aliphatic rings. The molecule has 96 valence electrons. The van der Waals surface area contributed by atoms with E-state index in [0.29, 0.717) is 5.56 Å². The SMILES string of the molecule is CCNC(C)CC(C)(C)c1cccc(F)c1F. The lowest BCUT2D eigenvalue weighted by atomic mass is 9.79. The number of rotatable bonds is 5. The van der Waals surface area contributed by atoms with Crippen molar-refractivity contribution < 1.29 is 8.78 Å². The van der Waals surface area contributed by atoms with Gasteiger partial charge in [0.15, 0.2) is 11.6 Å². The van der Waals surface area contributed by atoms with Gasteiger partial charge in [0.25, 0.3) is 0 Å². The van der Waals surface area contributed by atoms with Crippen molar-refractivity contribution in [3.05, 3.63) is 35.4 Å². The maximum Gasteiger partial charge on any atom is 0.162 e. The second-order valence-corrected chi connectivity index (χ2v) is 5.15. The van der Waals surface area contributed by atoms with Crippen molar-refractivity contribution in [2.45, 2.75) is 45.6 Å². The summed E-state index contributed by atoms with van der Waals surface area (Å²) < 4.78 is 26.9. The van der Waals surface area contributed by atoms with Gasteiger partial charge >= 0.3 is 0 Å². The maximum absolute atomic E-state index is 13.7. The number of nitrogens with one attached hydrogen (secondary N) is 1. The molecule has 3 heteroatoms. The molecule has 1 aromatic rings. The Morgan fingerprint density at radius 1 is 1.29 bits per heavy atom. The van der Waals surface area contributed by atoms with Crippen LogP contribution in [0, 0.1) is 11.6 Å². The lowest BCUT2D eigenvalue weighted by Gasteiger charge is -2.29. The third-order valence-corrected chi connectivity index (χ3v) is 3.05. The van der Waals surface area contributed by atoms with Gasteiger partial charge in [0.2, 0.25) is 0 Å². The Morgan fingerprint density at radius 3 is 2.53 bits per heavy atom. The van der Waals surface area contributed by atoms with E-state index in [0.717, 1.165) is 19.0 Å². The van der Waals surface area contributed by atoms with E-state index in [1.807, 2.05) is 20.8 Å². The minimum absolute atomic E-state index is 0.276. The highest BCUT2D eigenvalue weighted by Crippen LogP contribution is 2.31. The van der Waals surface area contributed by atoms with Gasteiger partial charge in [-0.05, 0) is 36.9 Å². The van der Waals surface area contributed by atoms with E-state index in [1.54, 1.807) is 12.1 Å². The number of hydrogen-bond donors (Lipinski definition) is 1. The molecule has 0 bridgehead atoms. The van der Waals surface area contributed by atoms with Gasteiger partial charge in [-0.25, -0.2) is 8.78 Å². The molecule has 0 heterocycles. The molecule has 0 aliphatic carbocycles. The summed E-state index contributed by atoms with van der Waals surface area (Å²) in [7, 11) is 0. The normalized spacial score (nSPS) is 13.8. The Labute approximate surface area is 102 Å². The molecular formula is C14H21F2N. The average molecular weight is 241 g/mol. The molecule has 17 heavy (non-hydrogen) atoms. The van der Waals surface area contributed by atoms with Crippen LogP contribution in [0.1, 0.15) is 39.7 Å². The monoisotopic (exact) mass is 241 g/mol. The predicted molar refractivity (Wildman–Crippen MR) is 67.1 cm³/mol. The molecule has 0 aromatic heterocycles. The molecular weight excluding hydrogens is 220 g/mol. The molecule has 0 saturated carbocycles. The quantitative estimate of drug-likeness (QED) is 0.830. The van der Waals surface area contributed by atoms with Crippen molar-refractivity contribution in [3.63, 3.8) is 0 Å². The fourth-order valence-electron chi connectivity index (χ4n) is 2.32. The average Bonchev–Trinajstić information content (AvgIpc) is 2.21. The Morgan fingerprint density at radius 2 is 1.94 bits per heavy atom. The standard InChI is InChI=1S/C14H21F2N/c1-5-17-10(2)9-14(3,4)11-7-6-8-12(15)13(11)16/h6-8,10,17H,5,9H2,1-4H3. The van der Waals surface area contributed by atoms with E-state index in [4.69, 9.17) is 0 Å². The van der Waals surface area contributed by atoms with Crippen molar-refractivity contribution in [2.75, 3.05) is 6.54 Å². The second-order valence-electron chi connectivity index (χ2n) is 5.15. The Bertz CT molecular complexity index is 374. The van der Waals surface area contributed by atoms with Gasteiger partial charge in [-0.2, -0.15) is 0 Å². The van der Waals surface area contributed by atoms with Crippen LogP contribution in [0.25, 0.3) is 0 Å². The molecule has 0 saturated heterocycles. The summed E-state index contributed by atoms with van der Waals surface area (Å²) in [5.41, 5.74) is 0.0654. The minimum Gasteiger partial charge on any atom is -0.315 e.